The number of hydrogen-bond acceptors (Lipinski definition) is 3. The Kier molecular flexibility index (Phi) is 5.80. The lowest BCUT2D eigenvalue weighted by atomic mass is 9.97. The molecule has 2 unspecified atom stereocenters. The van der Waals surface area contributed by atoms with Crippen molar-refractivity contribution in [3.05, 3.63) is 34.9 Å². The number of nitrogens with zero attached hydrogens (tertiary/aromatic N) is 2. The average molecular weight is 289 g/mol. The number of aryl methyl sites for hydroxylation is 2. The molecule has 3 heteroatoms. The molecule has 1 aromatic rings. The summed E-state index contributed by atoms with van der Waals surface area (Å²) < 4.78 is 0. The molecule has 0 amide bonds. The van der Waals surface area contributed by atoms with Crippen molar-refractivity contribution >= 4 is 0 Å². The van der Waals surface area contributed by atoms with Gasteiger partial charge >= 0.3 is 0 Å². The molecule has 21 heavy (non-hydrogen) atoms. The van der Waals surface area contributed by atoms with Crippen molar-refractivity contribution in [3.8, 4) is 0 Å². The molecule has 1 aromatic carbocycles. The van der Waals surface area contributed by atoms with Crippen LogP contribution >= 0.6 is 0 Å². The molecule has 1 aliphatic heterocycles. The summed E-state index contributed by atoms with van der Waals surface area (Å²) in [5.41, 5.74) is 4.16. The fourth-order valence-corrected chi connectivity index (χ4v) is 3.50. The molecule has 0 bridgehead atoms. The normalized spacial score (nSPS) is 21.7. The van der Waals surface area contributed by atoms with Gasteiger partial charge in [-0.2, -0.15) is 0 Å². The molecule has 0 aliphatic carbocycles. The van der Waals surface area contributed by atoms with Crippen molar-refractivity contribution < 1.29 is 0 Å². The van der Waals surface area contributed by atoms with Crippen LogP contribution in [0.25, 0.3) is 0 Å². The lowest BCUT2D eigenvalue weighted by molar-refractivity contribution is 0.126. The van der Waals surface area contributed by atoms with Gasteiger partial charge in [0, 0.05) is 25.2 Å². The summed E-state index contributed by atoms with van der Waals surface area (Å²) in [6.45, 7) is 7.89. The number of likely N-dealkylation sites (N-methyl/N-ethyl adjacent to an activating group) is 3. The third-order valence-electron chi connectivity index (χ3n) is 4.84. The van der Waals surface area contributed by atoms with Crippen LogP contribution in [0.15, 0.2) is 18.2 Å². The highest BCUT2D eigenvalue weighted by atomic mass is 15.2. The van der Waals surface area contributed by atoms with Crippen LogP contribution in [0.1, 0.15) is 35.6 Å². The highest BCUT2D eigenvalue weighted by Gasteiger charge is 2.23. The van der Waals surface area contributed by atoms with Crippen molar-refractivity contribution in [2.75, 3.05) is 40.8 Å². The zero-order valence-corrected chi connectivity index (χ0v) is 14.3. The number of nitrogens with one attached hydrogen (secondary N) is 1. The number of piperidine rings is 1. The quantitative estimate of drug-likeness (QED) is 0.899. The predicted octanol–water partition coefficient (Wildman–Crippen LogP) is 2.59. The van der Waals surface area contributed by atoms with E-state index in [4.69, 9.17) is 0 Å². The molecule has 1 heterocycles. The molecule has 2 rings (SSSR count). The van der Waals surface area contributed by atoms with Gasteiger partial charge in [0.25, 0.3) is 0 Å². The maximum atomic E-state index is 3.50. The van der Waals surface area contributed by atoms with E-state index in [2.05, 4.69) is 68.3 Å². The molecule has 0 aromatic heterocycles. The molecule has 3 nitrogen and oxygen atoms in total. The Labute approximate surface area is 130 Å². The SMILES string of the molecule is CNC(CN(C)C1CCCN(C)C1)c1ccc(C)cc1C. The van der Waals surface area contributed by atoms with Crippen LogP contribution in [0.3, 0.4) is 0 Å². The molecule has 2 atom stereocenters. The fourth-order valence-electron chi connectivity index (χ4n) is 3.50. The molecular formula is C18H31N3. The van der Waals surface area contributed by atoms with Gasteiger partial charge < -0.3 is 15.1 Å². The van der Waals surface area contributed by atoms with E-state index >= 15 is 0 Å². The van der Waals surface area contributed by atoms with Gasteiger partial charge in [-0.3, -0.25) is 0 Å². The second kappa shape index (κ2) is 7.39. The Morgan fingerprint density at radius 3 is 2.76 bits per heavy atom. The van der Waals surface area contributed by atoms with Crippen LogP contribution < -0.4 is 5.32 Å². The number of hydrogen-bond donors (Lipinski definition) is 1. The first-order chi connectivity index (χ1) is 10.0. The van der Waals surface area contributed by atoms with Gasteiger partial charge in [-0.15, -0.1) is 0 Å². The van der Waals surface area contributed by atoms with E-state index in [9.17, 15) is 0 Å². The Hall–Kier alpha value is -0.900. The van der Waals surface area contributed by atoms with Gasteiger partial charge in [0.15, 0.2) is 0 Å². The highest BCUT2D eigenvalue weighted by molar-refractivity contribution is 5.33. The molecule has 118 valence electrons. The smallest absolute Gasteiger partial charge is 0.0449 e. The van der Waals surface area contributed by atoms with E-state index in [1.54, 1.807) is 0 Å². The third kappa shape index (κ3) is 4.29. The summed E-state index contributed by atoms with van der Waals surface area (Å²) in [4.78, 5) is 4.99. The zero-order chi connectivity index (χ0) is 15.4. The Morgan fingerprint density at radius 1 is 1.38 bits per heavy atom. The van der Waals surface area contributed by atoms with Crippen molar-refractivity contribution in [1.29, 1.82) is 0 Å². The van der Waals surface area contributed by atoms with Crippen molar-refractivity contribution in [2.24, 2.45) is 0 Å². The van der Waals surface area contributed by atoms with E-state index in [1.807, 2.05) is 0 Å². The van der Waals surface area contributed by atoms with E-state index in [0.29, 0.717) is 12.1 Å². The van der Waals surface area contributed by atoms with E-state index in [-0.39, 0.29) is 0 Å². The summed E-state index contributed by atoms with van der Waals surface area (Å²) in [7, 11) is 6.59. The van der Waals surface area contributed by atoms with Crippen LogP contribution in [0.5, 0.6) is 0 Å². The summed E-state index contributed by atoms with van der Waals surface area (Å²) in [5.74, 6) is 0. The topological polar surface area (TPSA) is 18.5 Å². The standard InChI is InChI=1S/C18H31N3/c1-14-8-9-17(15(2)11-14)18(19-3)13-21(5)16-7-6-10-20(4)12-16/h8-9,11,16,18-19H,6-7,10,12-13H2,1-5H3. The van der Waals surface area contributed by atoms with Gasteiger partial charge in [0.05, 0.1) is 0 Å². The molecule has 0 radical (unpaired) electrons. The largest absolute Gasteiger partial charge is 0.312 e. The van der Waals surface area contributed by atoms with Gasteiger partial charge in [-0.25, -0.2) is 0 Å². The Morgan fingerprint density at radius 2 is 2.14 bits per heavy atom. The van der Waals surface area contributed by atoms with Gasteiger partial charge in [0.2, 0.25) is 0 Å². The number of benzene rings is 1. The van der Waals surface area contributed by atoms with Gasteiger partial charge in [0.1, 0.15) is 0 Å². The van der Waals surface area contributed by atoms with Crippen LogP contribution in [-0.4, -0.2) is 56.6 Å². The number of rotatable bonds is 5. The maximum absolute atomic E-state index is 3.50. The lowest BCUT2D eigenvalue weighted by Gasteiger charge is -2.37. The third-order valence-corrected chi connectivity index (χ3v) is 4.84. The van der Waals surface area contributed by atoms with Crippen molar-refractivity contribution in [3.63, 3.8) is 0 Å². The Balaban J connectivity index is 2.04. The van der Waals surface area contributed by atoms with E-state index in [0.717, 1.165) is 6.54 Å². The van der Waals surface area contributed by atoms with Crippen LogP contribution in [0.2, 0.25) is 0 Å². The summed E-state index contributed by atoms with van der Waals surface area (Å²) >= 11 is 0. The first kappa shape index (κ1) is 16.5. The second-order valence-electron chi connectivity index (χ2n) is 6.70. The van der Waals surface area contributed by atoms with Crippen molar-refractivity contribution in [2.45, 2.75) is 38.8 Å². The van der Waals surface area contributed by atoms with E-state index < -0.39 is 0 Å². The van der Waals surface area contributed by atoms with E-state index in [1.165, 1.54) is 42.6 Å². The predicted molar refractivity (Wildman–Crippen MR) is 90.9 cm³/mol. The summed E-state index contributed by atoms with van der Waals surface area (Å²) in [6.07, 6.45) is 2.64. The van der Waals surface area contributed by atoms with Crippen molar-refractivity contribution in [1.82, 2.24) is 15.1 Å². The molecule has 0 saturated carbocycles. The fraction of sp³-hybridized carbons (Fsp3) is 0.667. The average Bonchev–Trinajstić information content (AvgIpc) is 2.45. The molecular weight excluding hydrogens is 258 g/mol. The molecule has 1 saturated heterocycles. The summed E-state index contributed by atoms with van der Waals surface area (Å²) in [6, 6.07) is 7.88. The molecule has 1 fully saturated rings. The first-order valence-corrected chi connectivity index (χ1v) is 8.14. The Bertz CT molecular complexity index is 458. The minimum atomic E-state index is 0.405. The van der Waals surface area contributed by atoms with Crippen LogP contribution in [0.4, 0.5) is 0 Å². The van der Waals surface area contributed by atoms with Crippen LogP contribution in [-0.2, 0) is 0 Å². The first-order valence-electron chi connectivity index (χ1n) is 8.14. The minimum absolute atomic E-state index is 0.405. The maximum Gasteiger partial charge on any atom is 0.0449 e. The minimum Gasteiger partial charge on any atom is -0.312 e. The molecule has 1 N–H and O–H groups in total. The molecule has 1 aliphatic rings. The lowest BCUT2D eigenvalue weighted by Crippen LogP contribution is -2.47. The highest BCUT2D eigenvalue weighted by Crippen LogP contribution is 2.22. The second-order valence-corrected chi connectivity index (χ2v) is 6.70. The van der Waals surface area contributed by atoms with Gasteiger partial charge in [-0.1, -0.05) is 23.8 Å². The number of likely N-dealkylation sites (tertiary alicyclic amines) is 1. The zero-order valence-electron chi connectivity index (χ0n) is 14.3. The summed E-state index contributed by atoms with van der Waals surface area (Å²) in [5, 5.41) is 3.50. The van der Waals surface area contributed by atoms with Gasteiger partial charge in [-0.05, 0) is 65.5 Å². The molecule has 0 spiro atoms. The van der Waals surface area contributed by atoms with Crippen LogP contribution in [0, 0.1) is 13.8 Å². The monoisotopic (exact) mass is 289 g/mol.